The van der Waals surface area contributed by atoms with Crippen molar-refractivity contribution >= 4 is 0 Å². The van der Waals surface area contributed by atoms with E-state index >= 15 is 0 Å². The largest absolute Gasteiger partial charge is 0.319 e. The van der Waals surface area contributed by atoms with Gasteiger partial charge < -0.3 is 5.32 Å². The third kappa shape index (κ3) is 4.41. The van der Waals surface area contributed by atoms with E-state index in [2.05, 4.69) is 26.1 Å². The summed E-state index contributed by atoms with van der Waals surface area (Å²) in [6.07, 6.45) is 4.00. The summed E-state index contributed by atoms with van der Waals surface area (Å²) in [6.45, 7) is 8.10. The summed E-state index contributed by atoms with van der Waals surface area (Å²) in [5, 5.41) is 3.26. The zero-order valence-electron chi connectivity index (χ0n) is 8.48. The fraction of sp³-hybridized carbons (Fsp3) is 1.00. The molecule has 0 aromatic carbocycles. The van der Waals surface area contributed by atoms with Crippen molar-refractivity contribution < 1.29 is 0 Å². The quantitative estimate of drug-likeness (QED) is 0.625. The Balaban J connectivity index is 3.61. The minimum Gasteiger partial charge on any atom is -0.319 e. The van der Waals surface area contributed by atoms with Gasteiger partial charge in [0.1, 0.15) is 0 Å². The zero-order valence-corrected chi connectivity index (χ0v) is 8.48. The molecule has 0 bridgehead atoms. The maximum Gasteiger partial charge on any atom is -0.00211 e. The van der Waals surface area contributed by atoms with Crippen molar-refractivity contribution in [1.29, 1.82) is 0 Å². The summed E-state index contributed by atoms with van der Waals surface area (Å²) in [7, 11) is 2.04. The molecule has 0 aliphatic carbocycles. The van der Waals surface area contributed by atoms with Gasteiger partial charge in [-0.1, -0.05) is 40.0 Å². The molecule has 0 aromatic heterocycles. The molecule has 0 spiro atoms. The molecule has 2 unspecified atom stereocenters. The van der Waals surface area contributed by atoms with Crippen molar-refractivity contribution in [2.75, 3.05) is 13.6 Å². The summed E-state index contributed by atoms with van der Waals surface area (Å²) < 4.78 is 0. The zero-order chi connectivity index (χ0) is 8.69. The van der Waals surface area contributed by atoms with Crippen LogP contribution in [0.2, 0.25) is 0 Å². The lowest BCUT2D eigenvalue weighted by Gasteiger charge is -2.21. The summed E-state index contributed by atoms with van der Waals surface area (Å²) in [5.41, 5.74) is 0. The van der Waals surface area contributed by atoms with Crippen molar-refractivity contribution in [2.45, 2.75) is 40.0 Å². The summed E-state index contributed by atoms with van der Waals surface area (Å²) in [5.74, 6) is 1.76. The molecule has 2 atom stereocenters. The van der Waals surface area contributed by atoms with E-state index in [1.165, 1.54) is 25.8 Å². The van der Waals surface area contributed by atoms with Crippen molar-refractivity contribution in [2.24, 2.45) is 11.8 Å². The molecule has 1 heteroatoms. The fourth-order valence-corrected chi connectivity index (χ4v) is 1.70. The van der Waals surface area contributed by atoms with Crippen molar-refractivity contribution in [1.82, 2.24) is 5.32 Å². The maximum absolute atomic E-state index is 3.26. The molecule has 0 amide bonds. The number of hydrogen-bond donors (Lipinski definition) is 1. The van der Waals surface area contributed by atoms with E-state index in [4.69, 9.17) is 0 Å². The second kappa shape index (κ2) is 6.66. The Hall–Kier alpha value is -0.0400. The Morgan fingerprint density at radius 3 is 2.27 bits per heavy atom. The first-order valence-electron chi connectivity index (χ1n) is 4.90. The topological polar surface area (TPSA) is 12.0 Å². The van der Waals surface area contributed by atoms with Gasteiger partial charge in [0.25, 0.3) is 0 Å². The number of nitrogens with one attached hydrogen (secondary N) is 1. The normalized spacial score (nSPS) is 16.4. The third-order valence-corrected chi connectivity index (χ3v) is 2.54. The molecule has 68 valence electrons. The highest BCUT2D eigenvalue weighted by Gasteiger charge is 2.12. The second-order valence-electron chi connectivity index (χ2n) is 3.49. The van der Waals surface area contributed by atoms with Crippen LogP contribution < -0.4 is 5.32 Å². The average molecular weight is 157 g/mol. The fourth-order valence-electron chi connectivity index (χ4n) is 1.70. The molecule has 0 rings (SSSR count). The first-order chi connectivity index (χ1) is 5.26. The molecular formula is C10H23N. The molecule has 0 saturated heterocycles. The lowest BCUT2D eigenvalue weighted by Crippen LogP contribution is -2.23. The highest BCUT2D eigenvalue weighted by atomic mass is 14.8. The standard InChI is InChI=1S/C10H23N/c1-5-7-9(3)10(6-2)8-11-4/h9-11H,5-8H2,1-4H3. The lowest BCUT2D eigenvalue weighted by atomic mass is 9.88. The van der Waals surface area contributed by atoms with Gasteiger partial charge in [-0.25, -0.2) is 0 Å². The monoisotopic (exact) mass is 157 g/mol. The molecule has 0 saturated carbocycles. The highest BCUT2D eigenvalue weighted by molar-refractivity contribution is 4.66. The van der Waals surface area contributed by atoms with Crippen LogP contribution in [0.3, 0.4) is 0 Å². The van der Waals surface area contributed by atoms with E-state index in [9.17, 15) is 0 Å². The van der Waals surface area contributed by atoms with Crippen LogP contribution in [0.5, 0.6) is 0 Å². The Bertz CT molecular complexity index is 80.9. The summed E-state index contributed by atoms with van der Waals surface area (Å²) >= 11 is 0. The minimum atomic E-state index is 0.875. The smallest absolute Gasteiger partial charge is 0.00211 e. The van der Waals surface area contributed by atoms with Gasteiger partial charge in [0.05, 0.1) is 0 Å². The lowest BCUT2D eigenvalue weighted by molar-refractivity contribution is 0.318. The maximum atomic E-state index is 3.26. The first-order valence-corrected chi connectivity index (χ1v) is 4.90. The molecular weight excluding hydrogens is 134 g/mol. The van der Waals surface area contributed by atoms with E-state index in [1.807, 2.05) is 7.05 Å². The van der Waals surface area contributed by atoms with E-state index in [-0.39, 0.29) is 0 Å². The SMILES string of the molecule is CCCC(C)C(CC)CNC. The molecule has 11 heavy (non-hydrogen) atoms. The first kappa shape index (κ1) is 11.0. The molecule has 0 fully saturated rings. The predicted molar refractivity (Wildman–Crippen MR) is 51.8 cm³/mol. The van der Waals surface area contributed by atoms with Gasteiger partial charge in [0.15, 0.2) is 0 Å². The van der Waals surface area contributed by atoms with Gasteiger partial charge in [0, 0.05) is 0 Å². The Kier molecular flexibility index (Phi) is 6.63. The van der Waals surface area contributed by atoms with E-state index in [0.717, 1.165) is 11.8 Å². The van der Waals surface area contributed by atoms with Crippen LogP contribution in [-0.4, -0.2) is 13.6 Å². The van der Waals surface area contributed by atoms with Crippen LogP contribution in [0.15, 0.2) is 0 Å². The van der Waals surface area contributed by atoms with Gasteiger partial charge in [0.2, 0.25) is 0 Å². The summed E-state index contributed by atoms with van der Waals surface area (Å²) in [6, 6.07) is 0. The molecule has 0 radical (unpaired) electrons. The minimum absolute atomic E-state index is 0.875. The van der Waals surface area contributed by atoms with Crippen molar-refractivity contribution in [3.05, 3.63) is 0 Å². The van der Waals surface area contributed by atoms with Gasteiger partial charge >= 0.3 is 0 Å². The Morgan fingerprint density at radius 2 is 1.91 bits per heavy atom. The van der Waals surface area contributed by atoms with Crippen LogP contribution in [-0.2, 0) is 0 Å². The van der Waals surface area contributed by atoms with Crippen LogP contribution in [0.25, 0.3) is 0 Å². The summed E-state index contributed by atoms with van der Waals surface area (Å²) in [4.78, 5) is 0. The predicted octanol–water partition coefficient (Wildman–Crippen LogP) is 2.67. The van der Waals surface area contributed by atoms with Gasteiger partial charge in [-0.3, -0.25) is 0 Å². The van der Waals surface area contributed by atoms with Crippen molar-refractivity contribution in [3.8, 4) is 0 Å². The van der Waals surface area contributed by atoms with E-state index in [0.29, 0.717) is 0 Å². The Morgan fingerprint density at radius 1 is 1.27 bits per heavy atom. The molecule has 0 aromatic rings. The molecule has 0 aliphatic heterocycles. The molecule has 1 nitrogen and oxygen atoms in total. The van der Waals surface area contributed by atoms with E-state index < -0.39 is 0 Å². The van der Waals surface area contributed by atoms with E-state index in [1.54, 1.807) is 0 Å². The number of hydrogen-bond acceptors (Lipinski definition) is 1. The average Bonchev–Trinajstić information content (AvgIpc) is 2.00. The van der Waals surface area contributed by atoms with Crippen molar-refractivity contribution in [3.63, 3.8) is 0 Å². The van der Waals surface area contributed by atoms with Crippen LogP contribution in [0.1, 0.15) is 40.0 Å². The third-order valence-electron chi connectivity index (χ3n) is 2.54. The molecule has 1 N–H and O–H groups in total. The van der Waals surface area contributed by atoms with Crippen LogP contribution in [0.4, 0.5) is 0 Å². The van der Waals surface area contributed by atoms with Crippen LogP contribution >= 0.6 is 0 Å². The Labute approximate surface area is 71.6 Å². The number of rotatable bonds is 6. The molecule has 0 aliphatic rings. The second-order valence-corrected chi connectivity index (χ2v) is 3.49. The van der Waals surface area contributed by atoms with Gasteiger partial charge in [-0.15, -0.1) is 0 Å². The highest BCUT2D eigenvalue weighted by Crippen LogP contribution is 2.19. The van der Waals surface area contributed by atoms with Crippen LogP contribution in [0, 0.1) is 11.8 Å². The van der Waals surface area contributed by atoms with Gasteiger partial charge in [-0.2, -0.15) is 0 Å². The van der Waals surface area contributed by atoms with Gasteiger partial charge in [-0.05, 0) is 25.4 Å². The molecule has 0 heterocycles.